The molecule has 8 rings (SSSR count). The average Bonchev–Trinajstić information content (AvgIpc) is 2.31. The molecule has 3 aliphatic heterocycles. The summed E-state index contributed by atoms with van der Waals surface area (Å²) in [5, 5.41) is 16.6. The van der Waals surface area contributed by atoms with E-state index in [1.165, 1.54) is 4.90 Å². The Labute approximate surface area is 528 Å². The van der Waals surface area contributed by atoms with E-state index >= 15 is 0 Å². The third-order valence-corrected chi connectivity index (χ3v) is 18.7. The summed E-state index contributed by atoms with van der Waals surface area (Å²) < 4.78 is 47.8. The Hall–Kier alpha value is -7.76. The molecule has 91 heavy (non-hydrogen) atoms. The molecule has 1 saturated carbocycles. The van der Waals surface area contributed by atoms with Crippen molar-refractivity contribution >= 4 is 66.4 Å². The van der Waals surface area contributed by atoms with Crippen LogP contribution in [0.3, 0.4) is 0 Å². The van der Waals surface area contributed by atoms with Gasteiger partial charge in [0, 0.05) is 99.4 Å². The molecule has 8 N–H and O–H groups in total. The van der Waals surface area contributed by atoms with E-state index in [1.807, 2.05) is 24.0 Å². The number of anilines is 1. The molecule has 3 fully saturated rings. The Morgan fingerprint density at radius 1 is 0.758 bits per heavy atom. The highest BCUT2D eigenvalue weighted by atomic mass is 31.2. The number of aryl methyl sites for hydroxylation is 1. The minimum atomic E-state index is -5.95. The highest BCUT2D eigenvalue weighted by Gasteiger charge is 2.50. The Morgan fingerprint density at radius 3 is 2.05 bits per heavy atom. The Morgan fingerprint density at radius 2 is 1.41 bits per heavy atom. The Balaban J connectivity index is 0.967. The van der Waals surface area contributed by atoms with Crippen LogP contribution in [0.1, 0.15) is 134 Å². The lowest BCUT2D eigenvalue weighted by molar-refractivity contribution is -0.139. The van der Waals surface area contributed by atoms with E-state index in [0.717, 1.165) is 55.5 Å². The van der Waals surface area contributed by atoms with Crippen molar-refractivity contribution in [3.05, 3.63) is 136 Å². The number of alkyl halides is 2. The van der Waals surface area contributed by atoms with Gasteiger partial charge >= 0.3 is 13.3 Å². The molecule has 0 bridgehead atoms. The van der Waals surface area contributed by atoms with E-state index in [-0.39, 0.29) is 107 Å². The van der Waals surface area contributed by atoms with E-state index in [0.29, 0.717) is 72.3 Å². The van der Waals surface area contributed by atoms with E-state index in [4.69, 9.17) is 4.74 Å². The first-order valence-electron chi connectivity index (χ1n) is 31.4. The number of fused-ring (bicyclic) bond motifs is 1. The van der Waals surface area contributed by atoms with Gasteiger partial charge in [-0.1, -0.05) is 107 Å². The second-order valence-corrected chi connectivity index (χ2v) is 26.2. The molecule has 1 unspecified atom stereocenters. The maximum absolute atomic E-state index is 15.0. The number of ether oxygens (including phenoxy) is 1. The fourth-order valence-corrected chi connectivity index (χ4v) is 12.8. The normalized spacial score (nSPS) is 19.8. The summed E-state index contributed by atoms with van der Waals surface area (Å²) in [6.07, 6.45) is 4.12. The first kappa shape index (κ1) is 69.1. The van der Waals surface area contributed by atoms with Gasteiger partial charge in [0.25, 0.3) is 11.8 Å². The number of nitrogens with one attached hydrogen (secondary N) is 6. The summed E-state index contributed by atoms with van der Waals surface area (Å²) in [6, 6.07) is 20.1. The molecule has 1 aliphatic carbocycles. The van der Waals surface area contributed by atoms with E-state index < -0.39 is 78.4 Å². The van der Waals surface area contributed by atoms with E-state index in [9.17, 15) is 66.3 Å². The van der Waals surface area contributed by atoms with Crippen molar-refractivity contribution in [2.45, 2.75) is 147 Å². The van der Waals surface area contributed by atoms with Gasteiger partial charge in [-0.25, -0.2) is 0 Å². The van der Waals surface area contributed by atoms with Crippen LogP contribution in [0.15, 0.2) is 97.1 Å². The van der Waals surface area contributed by atoms with Crippen LogP contribution in [0.4, 0.5) is 14.5 Å². The molecule has 0 aromatic heterocycles. The van der Waals surface area contributed by atoms with Crippen LogP contribution in [0.2, 0.25) is 0 Å². The predicted octanol–water partition coefficient (Wildman–Crippen LogP) is 5.73. The lowest BCUT2D eigenvalue weighted by atomic mass is 9.75. The number of carbonyl (C=O) groups excluding carboxylic acids is 9. The smallest absolute Gasteiger partial charge is 0.368 e. The van der Waals surface area contributed by atoms with Crippen molar-refractivity contribution in [1.82, 2.24) is 41.3 Å². The maximum Gasteiger partial charge on any atom is 0.399 e. The van der Waals surface area contributed by atoms with Gasteiger partial charge in [0.2, 0.25) is 41.4 Å². The lowest BCUT2D eigenvalue weighted by Gasteiger charge is -2.37. The monoisotopic (exact) mass is 1280 g/mol. The van der Waals surface area contributed by atoms with Crippen LogP contribution in [-0.2, 0) is 74.3 Å². The highest BCUT2D eigenvalue weighted by Crippen LogP contribution is 2.59. The van der Waals surface area contributed by atoms with Gasteiger partial charge in [-0.15, -0.1) is 0 Å². The molecule has 7 atom stereocenters. The summed E-state index contributed by atoms with van der Waals surface area (Å²) in [7, 11) is -5.95. The van der Waals surface area contributed by atoms with Crippen LogP contribution < -0.4 is 31.9 Å². The van der Waals surface area contributed by atoms with Crippen LogP contribution in [0.25, 0.3) is 0 Å². The van der Waals surface area contributed by atoms with Crippen LogP contribution in [-0.4, -0.2) is 154 Å². The van der Waals surface area contributed by atoms with Crippen molar-refractivity contribution in [2.75, 3.05) is 51.2 Å². The number of piperazine rings is 1. The summed E-state index contributed by atoms with van der Waals surface area (Å²) in [5.41, 5.74) is -1.80. The van der Waals surface area contributed by atoms with Crippen LogP contribution >= 0.6 is 7.60 Å². The van der Waals surface area contributed by atoms with Gasteiger partial charge in [0.05, 0.1) is 6.10 Å². The topological polar surface area (TPSA) is 302 Å². The minimum Gasteiger partial charge on any atom is -0.368 e. The molecular weight excluding hydrogens is 1200 g/mol. The van der Waals surface area contributed by atoms with Gasteiger partial charge in [-0.3, -0.25) is 57.9 Å². The summed E-state index contributed by atoms with van der Waals surface area (Å²) in [6.45, 7) is 9.72. The minimum absolute atomic E-state index is 0.0175. The number of hydrogen-bond donors (Lipinski definition) is 8. The van der Waals surface area contributed by atoms with Gasteiger partial charge < -0.3 is 50.9 Å². The number of amides is 9. The van der Waals surface area contributed by atoms with Crippen molar-refractivity contribution in [1.29, 1.82) is 0 Å². The number of benzene rings is 4. The third-order valence-electron chi connectivity index (χ3n) is 17.7. The molecule has 4 aromatic rings. The van der Waals surface area contributed by atoms with E-state index in [1.54, 1.807) is 65.6 Å². The summed E-state index contributed by atoms with van der Waals surface area (Å²) in [5.74, 6) is -3.70. The third kappa shape index (κ3) is 18.5. The molecule has 0 radical (unpaired) electrons. The van der Waals surface area contributed by atoms with Crippen LogP contribution in [0, 0.1) is 17.8 Å². The van der Waals surface area contributed by atoms with Gasteiger partial charge in [-0.2, -0.15) is 8.78 Å². The fourth-order valence-electron chi connectivity index (χ4n) is 12.3. The number of unbranched alkanes of at least 4 members (excludes halogenated alkanes) is 1. The number of nitrogens with zero attached hydrogens (tertiary/aromatic N) is 3. The van der Waals surface area contributed by atoms with Crippen LogP contribution in [0.5, 0.6) is 0 Å². The lowest BCUT2D eigenvalue weighted by Crippen LogP contribution is -2.59. The molecular formula is C66H84F2N9O13P. The van der Waals surface area contributed by atoms with Gasteiger partial charge in [0.15, 0.2) is 0 Å². The second kappa shape index (κ2) is 31.5. The fraction of sp³-hybridized carbons (Fsp3) is 0.500. The number of halogens is 2. The van der Waals surface area contributed by atoms with Crippen molar-refractivity contribution < 1.29 is 71.0 Å². The summed E-state index contributed by atoms with van der Waals surface area (Å²) in [4.78, 5) is 147. The second-order valence-electron chi connectivity index (χ2n) is 24.6. The van der Waals surface area contributed by atoms with Crippen molar-refractivity contribution in [3.8, 4) is 0 Å². The van der Waals surface area contributed by atoms with E-state index in [2.05, 4.69) is 52.7 Å². The molecule has 4 aromatic carbocycles. The standard InChI is InChI=1S/C66H84F2N9O13P/c1-5-43-18-22-46(23-19-43)60(81)69-30-10-9-15-52(65(86)76-34-32-75(33-35-76)31-29-58(79)70-51-16-11-14-49-50(51)39-77(64(49)85)55-27-28-57(78)74-63(55)84)72-62(83)54(38-45-20-24-47(25-21-45)66(67,68)91(87,88)89)73-61(82)53(37-44-12-7-6-8-13-44)71-59(80)40-90-56-36-42(4)17-26-48(56)41(2)3/h6-8,11-14,16,18-25,41-42,48,52-56H,5,9-10,15,17,26-40H2,1-4H3,(H,69,81)(H,70,79)(H,71,80)(H,72,83)(H,73,82)(H,74,78,84)(H2,87,88,89)/t42-,48+,52-,53-,54-,55?,56-/m0/s1. The maximum atomic E-state index is 15.0. The quantitative estimate of drug-likeness (QED) is 0.0192. The predicted molar refractivity (Wildman–Crippen MR) is 334 cm³/mol. The molecule has 4 aliphatic rings. The number of imide groups is 1. The number of hydrogen-bond acceptors (Lipinski definition) is 12. The zero-order valence-electron chi connectivity index (χ0n) is 51.9. The van der Waals surface area contributed by atoms with Gasteiger partial charge in [0.1, 0.15) is 30.8 Å². The SMILES string of the molecule is CCc1ccc(C(=O)NCCCC[C@H](NC(=O)[C@H](Cc2ccc(C(F)(F)P(=O)(O)O)cc2)NC(=O)[C@H](Cc2ccccc2)NC(=O)CO[C@H]2C[C@@H](C)CC[C@@H]2C(C)C)C(=O)N2CCN(CCC(=O)Nc3cccc4c3CN(C3CCC(=O)NC3=O)C4=O)CC2)cc1. The Kier molecular flexibility index (Phi) is 23.9. The molecule has 25 heteroatoms. The first-order chi connectivity index (χ1) is 43.4. The van der Waals surface area contributed by atoms with Gasteiger partial charge in [-0.05, 0) is 104 Å². The molecule has 22 nitrogen and oxygen atoms in total. The highest BCUT2D eigenvalue weighted by molar-refractivity contribution is 7.52. The largest absolute Gasteiger partial charge is 0.399 e. The Bertz CT molecular complexity index is 3310. The molecule has 9 amide bonds. The first-order valence-corrected chi connectivity index (χ1v) is 33.0. The molecule has 490 valence electrons. The summed E-state index contributed by atoms with van der Waals surface area (Å²) >= 11 is 0. The van der Waals surface area contributed by atoms with Crippen molar-refractivity contribution in [2.24, 2.45) is 17.8 Å². The molecule has 3 heterocycles. The average molecular weight is 1280 g/mol. The zero-order valence-corrected chi connectivity index (χ0v) is 52.8. The number of piperidine rings is 1. The van der Waals surface area contributed by atoms with Crippen molar-refractivity contribution in [3.63, 3.8) is 0 Å². The number of carbonyl (C=O) groups is 9. The number of rotatable bonds is 28. The molecule has 0 spiro atoms. The molecule has 2 saturated heterocycles. The zero-order chi connectivity index (χ0) is 65.6.